The zero-order valence-corrected chi connectivity index (χ0v) is 15.4. The number of hydrogen-bond donors (Lipinski definition) is 2. The van der Waals surface area contributed by atoms with Gasteiger partial charge in [0.2, 0.25) is 0 Å². The minimum atomic E-state index is -1.07. The van der Waals surface area contributed by atoms with Gasteiger partial charge in [-0.15, -0.1) is 0 Å². The van der Waals surface area contributed by atoms with Crippen LogP contribution in [0.4, 0.5) is 4.79 Å². The van der Waals surface area contributed by atoms with E-state index in [0.29, 0.717) is 28.8 Å². The first kappa shape index (κ1) is 21.1. The fourth-order valence-electron chi connectivity index (χ4n) is 1.72. The normalized spacial score (nSPS) is 11.4. The van der Waals surface area contributed by atoms with Crippen molar-refractivity contribution in [3.8, 4) is 5.75 Å². The summed E-state index contributed by atoms with van der Waals surface area (Å²) in [6.45, 7) is 3.73. The average molecular weight is 391 g/mol. The van der Waals surface area contributed by atoms with Gasteiger partial charge in [-0.2, -0.15) is 0 Å². The van der Waals surface area contributed by atoms with Gasteiger partial charge in [-0.3, -0.25) is 14.9 Å². The molecule has 0 bridgehead atoms. The second-order valence-electron chi connectivity index (χ2n) is 5.01. The quantitative estimate of drug-likeness (QED) is 0.525. The van der Waals surface area contributed by atoms with Crippen LogP contribution in [-0.2, 0) is 14.3 Å². The predicted molar refractivity (Wildman–Crippen MR) is 94.0 cm³/mol. The molecule has 1 aromatic carbocycles. The van der Waals surface area contributed by atoms with Crippen LogP contribution in [-0.4, -0.2) is 37.2 Å². The van der Waals surface area contributed by atoms with Crippen LogP contribution in [0.15, 0.2) is 18.2 Å². The van der Waals surface area contributed by atoms with E-state index >= 15 is 0 Å². The number of imide groups is 1. The van der Waals surface area contributed by atoms with E-state index < -0.39 is 24.0 Å². The molecule has 1 atom stereocenters. The molecule has 9 heteroatoms. The molecule has 0 fully saturated rings. The Bertz CT molecular complexity index is 625. The van der Waals surface area contributed by atoms with Gasteiger partial charge in [0.1, 0.15) is 5.75 Å². The first-order chi connectivity index (χ1) is 11.8. The van der Waals surface area contributed by atoms with Gasteiger partial charge in [-0.05, 0) is 38.5 Å². The first-order valence-electron chi connectivity index (χ1n) is 7.69. The molecule has 2 N–H and O–H groups in total. The molecule has 1 aromatic rings. The van der Waals surface area contributed by atoms with Gasteiger partial charge in [0.25, 0.3) is 5.91 Å². The lowest BCUT2D eigenvalue weighted by atomic mass is 10.3. The highest BCUT2D eigenvalue weighted by Crippen LogP contribution is 2.27. The molecule has 0 aromatic heterocycles. The van der Waals surface area contributed by atoms with Gasteiger partial charge in [0.05, 0.1) is 11.6 Å². The monoisotopic (exact) mass is 390 g/mol. The van der Waals surface area contributed by atoms with Crippen LogP contribution in [0.5, 0.6) is 5.75 Å². The van der Waals surface area contributed by atoms with Crippen LogP contribution < -0.4 is 15.4 Å². The van der Waals surface area contributed by atoms with Crippen molar-refractivity contribution < 1.29 is 23.9 Å². The third kappa shape index (κ3) is 8.09. The Morgan fingerprint density at radius 1 is 1.24 bits per heavy atom. The van der Waals surface area contributed by atoms with Crippen molar-refractivity contribution in [2.24, 2.45) is 0 Å². The van der Waals surface area contributed by atoms with Crippen LogP contribution in [0, 0.1) is 0 Å². The average Bonchev–Trinajstić information content (AvgIpc) is 2.53. The molecule has 0 saturated heterocycles. The minimum absolute atomic E-state index is 0.0595. The number of nitrogens with one attached hydrogen (secondary N) is 2. The van der Waals surface area contributed by atoms with E-state index in [-0.39, 0.29) is 13.0 Å². The maximum atomic E-state index is 11.7. The van der Waals surface area contributed by atoms with Crippen molar-refractivity contribution in [2.45, 2.75) is 32.8 Å². The van der Waals surface area contributed by atoms with E-state index in [4.69, 9.17) is 32.7 Å². The number of urea groups is 1. The summed E-state index contributed by atoms with van der Waals surface area (Å²) in [6.07, 6.45) is -0.631. The molecule has 138 valence electrons. The summed E-state index contributed by atoms with van der Waals surface area (Å²) < 4.78 is 10.4. The van der Waals surface area contributed by atoms with Crippen molar-refractivity contribution in [2.75, 3.05) is 13.2 Å². The van der Waals surface area contributed by atoms with Crippen LogP contribution in [0.2, 0.25) is 10.0 Å². The van der Waals surface area contributed by atoms with Gasteiger partial charge >= 0.3 is 12.0 Å². The highest BCUT2D eigenvalue weighted by atomic mass is 35.5. The molecule has 7 nitrogen and oxygen atoms in total. The van der Waals surface area contributed by atoms with Crippen LogP contribution >= 0.6 is 23.2 Å². The number of halogens is 2. The molecule has 0 aliphatic heterocycles. The van der Waals surface area contributed by atoms with Gasteiger partial charge in [0, 0.05) is 18.0 Å². The second-order valence-corrected chi connectivity index (χ2v) is 5.85. The van der Waals surface area contributed by atoms with Crippen LogP contribution in [0.1, 0.15) is 26.7 Å². The molecular weight excluding hydrogens is 371 g/mol. The van der Waals surface area contributed by atoms with Crippen LogP contribution in [0.3, 0.4) is 0 Å². The smallest absolute Gasteiger partial charge is 0.321 e. The summed E-state index contributed by atoms with van der Waals surface area (Å²) in [4.78, 5) is 34.6. The van der Waals surface area contributed by atoms with E-state index in [1.165, 1.54) is 6.92 Å². The summed E-state index contributed by atoms with van der Waals surface area (Å²) >= 11 is 11.7. The Hall–Kier alpha value is -1.99. The summed E-state index contributed by atoms with van der Waals surface area (Å²) in [5.41, 5.74) is 0. The highest BCUT2D eigenvalue weighted by molar-refractivity contribution is 6.35. The number of carbonyl (C=O) groups excluding carboxylic acids is 3. The molecule has 0 saturated carbocycles. The predicted octanol–water partition coefficient (Wildman–Crippen LogP) is 2.93. The zero-order chi connectivity index (χ0) is 18.8. The minimum Gasteiger partial charge on any atom is -0.492 e. The zero-order valence-electron chi connectivity index (χ0n) is 13.9. The lowest BCUT2D eigenvalue weighted by molar-refractivity contribution is -0.154. The van der Waals surface area contributed by atoms with E-state index in [1.807, 2.05) is 0 Å². The van der Waals surface area contributed by atoms with Crippen molar-refractivity contribution in [3.05, 3.63) is 28.2 Å². The SMILES string of the molecule is CCNC(=O)NC(=O)C(C)OC(=O)CCCOc1ccc(Cl)cc1Cl. The fourth-order valence-corrected chi connectivity index (χ4v) is 2.18. The standard InChI is InChI=1S/C16H20Cl2N2O5/c1-3-19-16(23)20-15(22)10(2)25-14(21)5-4-8-24-13-7-6-11(17)9-12(13)18/h6-7,9-10H,3-5,8H2,1-2H3,(H2,19,20,22,23). The van der Waals surface area contributed by atoms with Crippen molar-refractivity contribution >= 4 is 41.1 Å². The molecule has 0 aliphatic rings. The third-order valence-corrected chi connectivity index (χ3v) is 3.46. The molecule has 1 unspecified atom stereocenters. The van der Waals surface area contributed by atoms with E-state index in [0.717, 1.165) is 0 Å². The Labute approximate surface area is 155 Å². The number of ether oxygens (including phenoxy) is 2. The number of hydrogen-bond acceptors (Lipinski definition) is 5. The molecular formula is C16H20Cl2N2O5. The van der Waals surface area contributed by atoms with Crippen molar-refractivity contribution in [1.29, 1.82) is 0 Å². The van der Waals surface area contributed by atoms with Crippen LogP contribution in [0.25, 0.3) is 0 Å². The molecule has 1 rings (SSSR count). The molecule has 0 heterocycles. The molecule has 0 radical (unpaired) electrons. The lowest BCUT2D eigenvalue weighted by Gasteiger charge is -2.13. The first-order valence-corrected chi connectivity index (χ1v) is 8.45. The Morgan fingerprint density at radius 3 is 2.60 bits per heavy atom. The maximum Gasteiger partial charge on any atom is 0.321 e. The highest BCUT2D eigenvalue weighted by Gasteiger charge is 2.19. The fraction of sp³-hybridized carbons (Fsp3) is 0.438. The van der Waals surface area contributed by atoms with E-state index in [9.17, 15) is 14.4 Å². The Kier molecular flexibility index (Phi) is 9.08. The van der Waals surface area contributed by atoms with Crippen molar-refractivity contribution in [3.63, 3.8) is 0 Å². The largest absolute Gasteiger partial charge is 0.492 e. The third-order valence-electron chi connectivity index (χ3n) is 2.93. The van der Waals surface area contributed by atoms with E-state index in [1.54, 1.807) is 25.1 Å². The lowest BCUT2D eigenvalue weighted by Crippen LogP contribution is -2.44. The summed E-state index contributed by atoms with van der Waals surface area (Å²) in [5, 5.41) is 5.35. The van der Waals surface area contributed by atoms with Gasteiger partial charge in [-0.25, -0.2) is 4.79 Å². The Morgan fingerprint density at radius 2 is 1.96 bits per heavy atom. The van der Waals surface area contributed by atoms with Crippen molar-refractivity contribution in [1.82, 2.24) is 10.6 Å². The Balaban J connectivity index is 2.27. The maximum absolute atomic E-state index is 11.7. The number of rotatable bonds is 8. The second kappa shape index (κ2) is 10.8. The number of esters is 1. The van der Waals surface area contributed by atoms with Gasteiger partial charge < -0.3 is 14.8 Å². The molecule has 0 spiro atoms. The molecule has 3 amide bonds. The molecule has 0 aliphatic carbocycles. The number of amides is 3. The van der Waals surface area contributed by atoms with E-state index in [2.05, 4.69) is 10.6 Å². The molecule has 25 heavy (non-hydrogen) atoms. The summed E-state index contributed by atoms with van der Waals surface area (Å²) in [5.74, 6) is -0.790. The number of carbonyl (C=O) groups is 3. The number of benzene rings is 1. The van der Waals surface area contributed by atoms with Gasteiger partial charge in [0.15, 0.2) is 6.10 Å². The van der Waals surface area contributed by atoms with Gasteiger partial charge in [-0.1, -0.05) is 23.2 Å². The summed E-state index contributed by atoms with van der Waals surface area (Å²) in [6, 6.07) is 4.20. The topological polar surface area (TPSA) is 93.7 Å². The summed E-state index contributed by atoms with van der Waals surface area (Å²) in [7, 11) is 0.